The van der Waals surface area contributed by atoms with Crippen molar-refractivity contribution in [1.82, 2.24) is 9.55 Å². The Kier molecular flexibility index (Phi) is 3.69. The van der Waals surface area contributed by atoms with Gasteiger partial charge in [0.05, 0.1) is 18.4 Å². The van der Waals surface area contributed by atoms with E-state index < -0.39 is 0 Å². The van der Waals surface area contributed by atoms with E-state index in [1.807, 2.05) is 20.8 Å². The van der Waals surface area contributed by atoms with Gasteiger partial charge in [-0.25, -0.2) is 4.98 Å². The van der Waals surface area contributed by atoms with Gasteiger partial charge in [0.15, 0.2) is 0 Å². The number of rotatable bonds is 4. The van der Waals surface area contributed by atoms with Crippen molar-refractivity contribution in [2.24, 2.45) is 0 Å². The summed E-state index contributed by atoms with van der Waals surface area (Å²) >= 11 is 0. The van der Waals surface area contributed by atoms with Crippen molar-refractivity contribution in [3.63, 3.8) is 0 Å². The maximum atomic E-state index is 5.50. The number of hydrogen-bond donors (Lipinski definition) is 0. The van der Waals surface area contributed by atoms with Crippen molar-refractivity contribution in [2.45, 2.75) is 53.4 Å². The van der Waals surface area contributed by atoms with Crippen LogP contribution in [0.2, 0.25) is 0 Å². The van der Waals surface area contributed by atoms with E-state index in [-0.39, 0.29) is 6.10 Å². The average molecular weight is 196 g/mol. The summed E-state index contributed by atoms with van der Waals surface area (Å²) in [6.07, 6.45) is 2.34. The smallest absolute Gasteiger partial charge is 0.106 e. The number of aryl methyl sites for hydroxylation is 1. The fourth-order valence-corrected chi connectivity index (χ4v) is 1.39. The molecule has 0 aliphatic carbocycles. The summed E-state index contributed by atoms with van der Waals surface area (Å²) in [5.41, 5.74) is 1.02. The van der Waals surface area contributed by atoms with Gasteiger partial charge in [0.2, 0.25) is 0 Å². The third kappa shape index (κ3) is 2.84. The van der Waals surface area contributed by atoms with Crippen LogP contribution in [-0.2, 0) is 11.3 Å². The Balaban J connectivity index is 2.66. The van der Waals surface area contributed by atoms with Gasteiger partial charge >= 0.3 is 0 Å². The Labute approximate surface area is 86.1 Å². The molecule has 0 N–H and O–H groups in total. The normalized spacial score (nSPS) is 11.6. The highest BCUT2D eigenvalue weighted by atomic mass is 16.5. The number of hydrogen-bond acceptors (Lipinski definition) is 2. The first kappa shape index (κ1) is 11.2. The van der Waals surface area contributed by atoms with E-state index in [0.29, 0.717) is 12.6 Å². The predicted octanol–water partition coefficient (Wildman–Crippen LogP) is 2.70. The molecule has 1 aromatic rings. The SMILES string of the molecule is Cc1nc(COC(C)C)cn1C(C)C. The van der Waals surface area contributed by atoms with Gasteiger partial charge in [-0.05, 0) is 34.6 Å². The second-order valence-corrected chi connectivity index (χ2v) is 4.14. The van der Waals surface area contributed by atoms with Crippen molar-refractivity contribution >= 4 is 0 Å². The standard InChI is InChI=1S/C11H20N2O/c1-8(2)13-6-11(12-10(13)5)7-14-9(3)4/h6,8-9H,7H2,1-5H3. The van der Waals surface area contributed by atoms with Crippen molar-refractivity contribution in [3.05, 3.63) is 17.7 Å². The molecular formula is C11H20N2O. The van der Waals surface area contributed by atoms with Crippen LogP contribution in [0.1, 0.15) is 45.3 Å². The first-order chi connectivity index (χ1) is 6.50. The van der Waals surface area contributed by atoms with Crippen LogP contribution in [-0.4, -0.2) is 15.7 Å². The van der Waals surface area contributed by atoms with Crippen LogP contribution in [0.5, 0.6) is 0 Å². The molecule has 0 aliphatic rings. The van der Waals surface area contributed by atoms with E-state index in [9.17, 15) is 0 Å². The van der Waals surface area contributed by atoms with Gasteiger partial charge in [0, 0.05) is 12.2 Å². The van der Waals surface area contributed by atoms with E-state index in [1.54, 1.807) is 0 Å². The van der Waals surface area contributed by atoms with Crippen LogP contribution < -0.4 is 0 Å². The predicted molar refractivity (Wildman–Crippen MR) is 57.3 cm³/mol. The minimum Gasteiger partial charge on any atom is -0.372 e. The van der Waals surface area contributed by atoms with E-state index >= 15 is 0 Å². The number of nitrogens with zero attached hydrogens (tertiary/aromatic N) is 2. The minimum atomic E-state index is 0.263. The van der Waals surface area contributed by atoms with Crippen LogP contribution in [0.3, 0.4) is 0 Å². The molecule has 1 heterocycles. The number of ether oxygens (including phenoxy) is 1. The summed E-state index contributed by atoms with van der Waals surface area (Å²) in [6.45, 7) is 11.0. The minimum absolute atomic E-state index is 0.263. The second kappa shape index (κ2) is 4.60. The molecule has 0 amide bonds. The molecule has 0 aliphatic heterocycles. The zero-order valence-corrected chi connectivity index (χ0v) is 9.74. The molecule has 0 saturated carbocycles. The Bertz CT molecular complexity index is 289. The van der Waals surface area contributed by atoms with Crippen LogP contribution in [0.25, 0.3) is 0 Å². The summed E-state index contributed by atoms with van der Waals surface area (Å²) in [4.78, 5) is 4.44. The molecule has 80 valence electrons. The molecule has 0 spiro atoms. The van der Waals surface area contributed by atoms with Crippen LogP contribution >= 0.6 is 0 Å². The molecule has 1 rings (SSSR count). The quantitative estimate of drug-likeness (QED) is 0.740. The highest BCUT2D eigenvalue weighted by Crippen LogP contribution is 2.11. The molecule has 0 radical (unpaired) electrons. The van der Waals surface area contributed by atoms with E-state index in [1.165, 1.54) is 0 Å². The third-order valence-electron chi connectivity index (χ3n) is 2.09. The first-order valence-electron chi connectivity index (χ1n) is 5.16. The third-order valence-corrected chi connectivity index (χ3v) is 2.09. The van der Waals surface area contributed by atoms with Gasteiger partial charge < -0.3 is 9.30 Å². The summed E-state index contributed by atoms with van der Waals surface area (Å²) in [6, 6.07) is 0.468. The summed E-state index contributed by atoms with van der Waals surface area (Å²) in [7, 11) is 0. The molecule has 0 unspecified atom stereocenters. The van der Waals surface area contributed by atoms with Gasteiger partial charge in [0.25, 0.3) is 0 Å². The molecule has 0 bridgehead atoms. The van der Waals surface area contributed by atoms with Gasteiger partial charge in [-0.2, -0.15) is 0 Å². The van der Waals surface area contributed by atoms with Crippen molar-refractivity contribution in [2.75, 3.05) is 0 Å². The lowest BCUT2D eigenvalue weighted by atomic mass is 10.4. The molecule has 0 atom stereocenters. The highest BCUT2D eigenvalue weighted by molar-refractivity contribution is 5.03. The lowest BCUT2D eigenvalue weighted by Gasteiger charge is -2.07. The van der Waals surface area contributed by atoms with Crippen LogP contribution in [0.15, 0.2) is 6.20 Å². The van der Waals surface area contributed by atoms with E-state index in [4.69, 9.17) is 4.74 Å². The van der Waals surface area contributed by atoms with Gasteiger partial charge in [-0.15, -0.1) is 0 Å². The highest BCUT2D eigenvalue weighted by Gasteiger charge is 2.06. The molecule has 3 heteroatoms. The monoisotopic (exact) mass is 196 g/mol. The summed E-state index contributed by atoms with van der Waals surface area (Å²) < 4.78 is 7.67. The molecule has 0 fully saturated rings. The molecular weight excluding hydrogens is 176 g/mol. The maximum absolute atomic E-state index is 5.50. The van der Waals surface area contributed by atoms with Crippen molar-refractivity contribution in [3.8, 4) is 0 Å². The zero-order valence-electron chi connectivity index (χ0n) is 9.74. The lowest BCUT2D eigenvalue weighted by molar-refractivity contribution is 0.0637. The van der Waals surface area contributed by atoms with Crippen molar-refractivity contribution < 1.29 is 4.74 Å². The van der Waals surface area contributed by atoms with Gasteiger partial charge in [0.1, 0.15) is 5.82 Å². The zero-order chi connectivity index (χ0) is 10.7. The van der Waals surface area contributed by atoms with Crippen LogP contribution in [0, 0.1) is 6.92 Å². The molecule has 14 heavy (non-hydrogen) atoms. The molecule has 0 aromatic carbocycles. The molecule has 1 aromatic heterocycles. The Morgan fingerprint density at radius 1 is 1.36 bits per heavy atom. The van der Waals surface area contributed by atoms with Crippen LogP contribution in [0.4, 0.5) is 0 Å². The first-order valence-corrected chi connectivity index (χ1v) is 5.16. The molecule has 0 saturated heterocycles. The fraction of sp³-hybridized carbons (Fsp3) is 0.727. The Morgan fingerprint density at radius 2 is 2.00 bits per heavy atom. The maximum Gasteiger partial charge on any atom is 0.106 e. The lowest BCUT2D eigenvalue weighted by Crippen LogP contribution is -2.02. The molecule has 3 nitrogen and oxygen atoms in total. The largest absolute Gasteiger partial charge is 0.372 e. The Hall–Kier alpha value is -0.830. The summed E-state index contributed by atoms with van der Waals surface area (Å²) in [5, 5.41) is 0. The second-order valence-electron chi connectivity index (χ2n) is 4.14. The van der Waals surface area contributed by atoms with Gasteiger partial charge in [-0.3, -0.25) is 0 Å². The fourth-order valence-electron chi connectivity index (χ4n) is 1.39. The summed E-state index contributed by atoms with van der Waals surface area (Å²) in [5.74, 6) is 1.06. The van der Waals surface area contributed by atoms with E-state index in [2.05, 4.69) is 29.6 Å². The topological polar surface area (TPSA) is 27.1 Å². The number of aromatic nitrogens is 2. The van der Waals surface area contributed by atoms with E-state index in [0.717, 1.165) is 11.5 Å². The van der Waals surface area contributed by atoms with Crippen molar-refractivity contribution in [1.29, 1.82) is 0 Å². The number of imidazole rings is 1. The van der Waals surface area contributed by atoms with Gasteiger partial charge in [-0.1, -0.05) is 0 Å². The Morgan fingerprint density at radius 3 is 2.43 bits per heavy atom. The average Bonchev–Trinajstić information content (AvgIpc) is 2.43.